The van der Waals surface area contributed by atoms with Gasteiger partial charge in [-0.2, -0.15) is 0 Å². The summed E-state index contributed by atoms with van der Waals surface area (Å²) in [5, 5.41) is 22.3. The van der Waals surface area contributed by atoms with Gasteiger partial charge in [0.15, 0.2) is 0 Å². The van der Waals surface area contributed by atoms with Crippen molar-refractivity contribution in [3.63, 3.8) is 0 Å². The van der Waals surface area contributed by atoms with Crippen LogP contribution < -0.4 is 9.47 Å². The van der Waals surface area contributed by atoms with Crippen LogP contribution in [0, 0.1) is 11.8 Å². The van der Waals surface area contributed by atoms with Crippen LogP contribution in [0.15, 0.2) is 72.8 Å². The van der Waals surface area contributed by atoms with Crippen molar-refractivity contribution in [2.24, 2.45) is 11.8 Å². The zero-order chi connectivity index (χ0) is 25.2. The molecule has 3 aromatic rings. The lowest BCUT2D eigenvalue weighted by atomic mass is 9.94. The number of aliphatic hydroxyl groups is 2. The van der Waals surface area contributed by atoms with Crippen molar-refractivity contribution >= 4 is 0 Å². The molecular formula is C31H40O4. The third-order valence-electron chi connectivity index (χ3n) is 6.53. The molecule has 3 rings (SSSR count). The molecule has 35 heavy (non-hydrogen) atoms. The highest BCUT2D eigenvalue weighted by molar-refractivity contribution is 5.52. The Morgan fingerprint density at radius 3 is 1.71 bits per heavy atom. The molecule has 0 heterocycles. The van der Waals surface area contributed by atoms with Gasteiger partial charge >= 0.3 is 0 Å². The predicted molar refractivity (Wildman–Crippen MR) is 142 cm³/mol. The van der Waals surface area contributed by atoms with Gasteiger partial charge in [-0.25, -0.2) is 0 Å². The molecule has 0 aromatic heterocycles. The Morgan fingerprint density at radius 2 is 1.20 bits per heavy atom. The van der Waals surface area contributed by atoms with E-state index in [2.05, 4.69) is 20.8 Å². The van der Waals surface area contributed by atoms with Crippen molar-refractivity contribution in [2.75, 3.05) is 13.7 Å². The number of methoxy groups -OCH3 is 1. The fourth-order valence-corrected chi connectivity index (χ4v) is 4.34. The fraction of sp³-hybridized carbons (Fsp3) is 0.419. The second-order valence-corrected chi connectivity index (χ2v) is 9.83. The summed E-state index contributed by atoms with van der Waals surface area (Å²) < 4.78 is 11.9. The van der Waals surface area contributed by atoms with E-state index >= 15 is 0 Å². The van der Waals surface area contributed by atoms with Crippen molar-refractivity contribution in [3.05, 3.63) is 95.1 Å². The third kappa shape index (κ3) is 7.58. The summed E-state index contributed by atoms with van der Waals surface area (Å²) >= 11 is 0. The second-order valence-electron chi connectivity index (χ2n) is 9.83. The first-order valence-electron chi connectivity index (χ1n) is 12.7. The molecule has 2 N–H and O–H groups in total. The number of rotatable bonds is 13. The van der Waals surface area contributed by atoms with Crippen molar-refractivity contribution in [1.82, 2.24) is 0 Å². The Kier molecular flexibility index (Phi) is 10.2. The van der Waals surface area contributed by atoms with Gasteiger partial charge in [0, 0.05) is 11.1 Å². The molecule has 0 radical (unpaired) electrons. The molecule has 4 nitrogen and oxygen atoms in total. The first kappa shape index (κ1) is 26.8. The highest BCUT2D eigenvalue weighted by atomic mass is 16.5. The molecule has 3 atom stereocenters. The quantitative estimate of drug-likeness (QED) is 0.276. The average Bonchev–Trinajstić information content (AvgIpc) is 2.88. The van der Waals surface area contributed by atoms with Crippen LogP contribution in [0.2, 0.25) is 0 Å². The van der Waals surface area contributed by atoms with Crippen LogP contribution in [-0.2, 0) is 0 Å². The molecule has 0 amide bonds. The maximum atomic E-state index is 11.2. The maximum Gasteiger partial charge on any atom is 0.126 e. The number of benzene rings is 3. The van der Waals surface area contributed by atoms with Gasteiger partial charge in [-0.3, -0.25) is 0 Å². The molecule has 0 aliphatic heterocycles. The summed E-state index contributed by atoms with van der Waals surface area (Å²) in [4.78, 5) is 0. The Bertz CT molecular complexity index is 1020. The van der Waals surface area contributed by atoms with E-state index in [-0.39, 0.29) is 0 Å². The zero-order valence-electron chi connectivity index (χ0n) is 21.5. The van der Waals surface area contributed by atoms with Crippen LogP contribution in [0.1, 0.15) is 80.9 Å². The van der Waals surface area contributed by atoms with Crippen molar-refractivity contribution in [3.8, 4) is 11.5 Å². The average molecular weight is 477 g/mol. The summed E-state index contributed by atoms with van der Waals surface area (Å²) in [7, 11) is 1.58. The summed E-state index contributed by atoms with van der Waals surface area (Å²) in [6.07, 6.45) is 2.85. The van der Waals surface area contributed by atoms with Gasteiger partial charge in [0.25, 0.3) is 0 Å². The van der Waals surface area contributed by atoms with E-state index in [0.717, 1.165) is 23.5 Å². The fourth-order valence-electron chi connectivity index (χ4n) is 4.34. The standard InChI is InChI=1S/C31H40O4/c1-22(2)12-11-13-23(3)18-19-35-29-21-26(30(32)24-14-7-5-8-15-24)28(34-4)20-27(29)31(33)25-16-9-6-10-17-25/h5-10,14-17,20-23,30-33H,11-13,18-19H2,1-4H3. The van der Waals surface area contributed by atoms with Crippen LogP contribution in [0.3, 0.4) is 0 Å². The van der Waals surface area contributed by atoms with Gasteiger partial charge < -0.3 is 19.7 Å². The summed E-state index contributed by atoms with van der Waals surface area (Å²) in [6, 6.07) is 22.6. The smallest absolute Gasteiger partial charge is 0.126 e. The Hall–Kier alpha value is -2.82. The second kappa shape index (κ2) is 13.3. The molecule has 0 spiro atoms. The van der Waals surface area contributed by atoms with E-state index in [9.17, 15) is 10.2 Å². The molecular weight excluding hydrogens is 436 g/mol. The van der Waals surface area contributed by atoms with Gasteiger partial charge in [-0.1, -0.05) is 101 Å². The largest absolute Gasteiger partial charge is 0.496 e. The van der Waals surface area contributed by atoms with Crippen LogP contribution >= 0.6 is 0 Å². The molecule has 0 aliphatic rings. The minimum Gasteiger partial charge on any atom is -0.496 e. The number of aliphatic hydroxyl groups excluding tert-OH is 2. The predicted octanol–water partition coefficient (Wildman–Crippen LogP) is 7.09. The molecule has 3 aromatic carbocycles. The third-order valence-corrected chi connectivity index (χ3v) is 6.53. The molecule has 0 bridgehead atoms. The van der Waals surface area contributed by atoms with E-state index in [1.807, 2.05) is 66.7 Å². The van der Waals surface area contributed by atoms with Crippen molar-refractivity contribution in [1.29, 1.82) is 0 Å². The molecule has 188 valence electrons. The lowest BCUT2D eigenvalue weighted by Gasteiger charge is -2.22. The molecule has 3 unspecified atom stereocenters. The normalized spacial score (nSPS) is 13.9. The van der Waals surface area contributed by atoms with Crippen LogP contribution in [0.25, 0.3) is 0 Å². The Balaban J connectivity index is 1.87. The maximum absolute atomic E-state index is 11.2. The van der Waals surface area contributed by atoms with Crippen molar-refractivity contribution in [2.45, 2.75) is 58.7 Å². The van der Waals surface area contributed by atoms with Gasteiger partial charge in [0.1, 0.15) is 23.7 Å². The Morgan fingerprint density at radius 1 is 0.686 bits per heavy atom. The molecule has 0 fully saturated rings. The minimum atomic E-state index is -0.869. The first-order chi connectivity index (χ1) is 16.9. The van der Waals surface area contributed by atoms with Crippen LogP contribution in [0.4, 0.5) is 0 Å². The summed E-state index contributed by atoms with van der Waals surface area (Å²) in [5.74, 6) is 2.38. The van der Waals surface area contributed by atoms with Gasteiger partial charge in [-0.05, 0) is 41.5 Å². The topological polar surface area (TPSA) is 58.9 Å². The summed E-state index contributed by atoms with van der Waals surface area (Å²) in [5.41, 5.74) is 2.79. The first-order valence-corrected chi connectivity index (χ1v) is 12.7. The number of hydrogen-bond acceptors (Lipinski definition) is 4. The minimum absolute atomic E-state index is 0.515. The SMILES string of the molecule is COc1cc(C(O)c2ccccc2)c(OCCC(C)CCCC(C)C)cc1C(O)c1ccccc1. The molecule has 0 aliphatic carbocycles. The van der Waals surface area contributed by atoms with E-state index in [1.54, 1.807) is 13.2 Å². The van der Waals surface area contributed by atoms with Gasteiger partial charge in [-0.15, -0.1) is 0 Å². The zero-order valence-corrected chi connectivity index (χ0v) is 21.5. The molecule has 4 heteroatoms. The highest BCUT2D eigenvalue weighted by Crippen LogP contribution is 2.40. The van der Waals surface area contributed by atoms with E-state index < -0.39 is 12.2 Å². The lowest BCUT2D eigenvalue weighted by molar-refractivity contribution is 0.201. The van der Waals surface area contributed by atoms with Crippen molar-refractivity contribution < 1.29 is 19.7 Å². The van der Waals surface area contributed by atoms with Gasteiger partial charge in [0.05, 0.1) is 13.7 Å². The Labute approximate surface area is 210 Å². The molecule has 0 saturated heterocycles. The van der Waals surface area contributed by atoms with E-state index in [1.165, 1.54) is 19.3 Å². The van der Waals surface area contributed by atoms with E-state index in [4.69, 9.17) is 9.47 Å². The van der Waals surface area contributed by atoms with E-state index in [0.29, 0.717) is 35.2 Å². The molecule has 0 saturated carbocycles. The number of hydrogen-bond donors (Lipinski definition) is 2. The van der Waals surface area contributed by atoms with Crippen LogP contribution in [-0.4, -0.2) is 23.9 Å². The lowest BCUT2D eigenvalue weighted by Crippen LogP contribution is -2.11. The van der Waals surface area contributed by atoms with Crippen LogP contribution in [0.5, 0.6) is 11.5 Å². The highest BCUT2D eigenvalue weighted by Gasteiger charge is 2.23. The number of ether oxygens (including phenoxy) is 2. The van der Waals surface area contributed by atoms with Gasteiger partial charge in [0.2, 0.25) is 0 Å². The summed E-state index contributed by atoms with van der Waals surface area (Å²) in [6.45, 7) is 7.34. The monoisotopic (exact) mass is 476 g/mol.